The van der Waals surface area contributed by atoms with E-state index in [-0.39, 0.29) is 5.69 Å². The van der Waals surface area contributed by atoms with Gasteiger partial charge in [0.1, 0.15) is 17.4 Å². The van der Waals surface area contributed by atoms with Crippen LogP contribution in [0.15, 0.2) is 12.1 Å². The molecule has 12 heteroatoms. The van der Waals surface area contributed by atoms with Gasteiger partial charge in [-0.05, 0) is 6.07 Å². The first kappa shape index (κ1) is 17.8. The van der Waals surface area contributed by atoms with Crippen LogP contribution in [0, 0.1) is 20.2 Å². The number of aliphatic hydroxyl groups excluding tert-OH is 1. The van der Waals surface area contributed by atoms with Gasteiger partial charge in [0.2, 0.25) is 5.91 Å². The second kappa shape index (κ2) is 7.13. The average Bonchev–Trinajstić information content (AvgIpc) is 2.42. The van der Waals surface area contributed by atoms with Gasteiger partial charge in [-0.1, -0.05) is 0 Å². The summed E-state index contributed by atoms with van der Waals surface area (Å²) < 4.78 is 0. The average molecular weight is 328 g/mol. The van der Waals surface area contributed by atoms with Gasteiger partial charge in [0.15, 0.2) is 0 Å². The number of aliphatic carboxylic acids is 1. The SMILES string of the molecule is CC(=O)Nc1cc(NC(CO)C(=O)O)c([N+](=O)[O-])cc1[N+](=O)[O-]. The molecule has 0 spiro atoms. The maximum Gasteiger partial charge on any atom is 0.328 e. The number of rotatable bonds is 7. The van der Waals surface area contributed by atoms with E-state index in [0.29, 0.717) is 6.07 Å². The van der Waals surface area contributed by atoms with E-state index in [1.54, 1.807) is 0 Å². The molecule has 0 aromatic heterocycles. The fourth-order valence-corrected chi connectivity index (χ4v) is 1.66. The number of nitro benzene ring substituents is 2. The molecule has 0 heterocycles. The normalized spacial score (nSPS) is 11.4. The third-order valence-electron chi connectivity index (χ3n) is 2.63. The maximum atomic E-state index is 11.1. The fraction of sp³-hybridized carbons (Fsp3) is 0.273. The molecule has 0 saturated carbocycles. The minimum atomic E-state index is -1.57. The summed E-state index contributed by atoms with van der Waals surface area (Å²) in [7, 11) is 0. The zero-order chi connectivity index (χ0) is 17.7. The second-order valence-corrected chi connectivity index (χ2v) is 4.30. The van der Waals surface area contributed by atoms with Crippen molar-refractivity contribution in [3.8, 4) is 0 Å². The molecule has 1 rings (SSSR count). The van der Waals surface area contributed by atoms with Crippen LogP contribution in [0.2, 0.25) is 0 Å². The number of nitrogens with one attached hydrogen (secondary N) is 2. The number of amides is 1. The smallest absolute Gasteiger partial charge is 0.328 e. The summed E-state index contributed by atoms with van der Waals surface area (Å²) in [6.45, 7) is 0.199. The Bertz CT molecular complexity index is 674. The summed E-state index contributed by atoms with van der Waals surface area (Å²) in [4.78, 5) is 42.1. The Kier molecular flexibility index (Phi) is 5.51. The van der Waals surface area contributed by atoms with Crippen molar-refractivity contribution < 1.29 is 29.6 Å². The number of anilines is 2. The lowest BCUT2D eigenvalue weighted by atomic mass is 10.1. The van der Waals surface area contributed by atoms with Gasteiger partial charge in [-0.3, -0.25) is 25.0 Å². The first-order valence-corrected chi connectivity index (χ1v) is 6.02. The highest BCUT2D eigenvalue weighted by Crippen LogP contribution is 2.36. The first-order valence-electron chi connectivity index (χ1n) is 6.02. The van der Waals surface area contributed by atoms with E-state index in [2.05, 4.69) is 10.6 Å². The molecule has 0 bridgehead atoms. The molecule has 1 aromatic rings. The van der Waals surface area contributed by atoms with Crippen molar-refractivity contribution in [3.05, 3.63) is 32.4 Å². The van der Waals surface area contributed by atoms with Crippen LogP contribution >= 0.6 is 0 Å². The number of benzene rings is 1. The quantitative estimate of drug-likeness (QED) is 0.404. The molecular weight excluding hydrogens is 316 g/mol. The van der Waals surface area contributed by atoms with Crippen molar-refractivity contribution >= 4 is 34.6 Å². The van der Waals surface area contributed by atoms with Crippen molar-refractivity contribution in [2.45, 2.75) is 13.0 Å². The number of carbonyl (C=O) groups excluding carboxylic acids is 1. The van der Waals surface area contributed by atoms with Crippen LogP contribution in [0.4, 0.5) is 22.7 Å². The number of hydrogen-bond acceptors (Lipinski definition) is 8. The van der Waals surface area contributed by atoms with Gasteiger partial charge >= 0.3 is 5.97 Å². The highest BCUT2D eigenvalue weighted by Gasteiger charge is 2.27. The lowest BCUT2D eigenvalue weighted by molar-refractivity contribution is -0.393. The van der Waals surface area contributed by atoms with E-state index in [4.69, 9.17) is 10.2 Å². The summed E-state index contributed by atoms with van der Waals surface area (Å²) in [5, 5.41) is 44.1. The van der Waals surface area contributed by atoms with Gasteiger partial charge in [-0.15, -0.1) is 0 Å². The molecule has 0 aliphatic carbocycles. The Morgan fingerprint density at radius 1 is 1.17 bits per heavy atom. The van der Waals surface area contributed by atoms with Crippen LogP contribution in [-0.2, 0) is 9.59 Å². The lowest BCUT2D eigenvalue weighted by Crippen LogP contribution is -2.33. The Morgan fingerprint density at radius 2 is 1.70 bits per heavy atom. The van der Waals surface area contributed by atoms with Crippen molar-refractivity contribution in [1.82, 2.24) is 0 Å². The van der Waals surface area contributed by atoms with Crippen molar-refractivity contribution in [2.24, 2.45) is 0 Å². The molecule has 0 aliphatic heterocycles. The molecular formula is C11H12N4O8. The predicted octanol–water partition coefficient (Wildman–Crippen LogP) is 0.319. The number of carboxylic acids is 1. The third kappa shape index (κ3) is 4.34. The van der Waals surface area contributed by atoms with Crippen molar-refractivity contribution in [2.75, 3.05) is 17.2 Å². The van der Waals surface area contributed by atoms with Crippen LogP contribution in [0.25, 0.3) is 0 Å². The second-order valence-electron chi connectivity index (χ2n) is 4.30. The van der Waals surface area contributed by atoms with Crippen molar-refractivity contribution in [3.63, 3.8) is 0 Å². The third-order valence-corrected chi connectivity index (χ3v) is 2.63. The molecule has 0 fully saturated rings. The van der Waals surface area contributed by atoms with Gasteiger partial charge in [0, 0.05) is 6.92 Å². The van der Waals surface area contributed by atoms with Crippen LogP contribution in [0.1, 0.15) is 6.92 Å². The van der Waals surface area contributed by atoms with E-state index in [1.807, 2.05) is 0 Å². The molecule has 1 aromatic carbocycles. The van der Waals surface area contributed by atoms with E-state index in [1.165, 1.54) is 0 Å². The first-order chi connectivity index (χ1) is 10.7. The van der Waals surface area contributed by atoms with Crippen molar-refractivity contribution in [1.29, 1.82) is 0 Å². The Hall–Kier alpha value is -3.28. The van der Waals surface area contributed by atoms with Gasteiger partial charge in [-0.2, -0.15) is 0 Å². The Balaban J connectivity index is 3.47. The molecule has 1 unspecified atom stereocenters. The number of carboxylic acid groups (broad SMARTS) is 1. The number of nitrogens with zero attached hydrogens (tertiary/aromatic N) is 2. The number of aliphatic hydroxyl groups is 1. The molecule has 12 nitrogen and oxygen atoms in total. The Morgan fingerprint density at radius 3 is 2.09 bits per heavy atom. The Labute approximate surface area is 128 Å². The van der Waals surface area contributed by atoms with Gasteiger partial charge in [-0.25, -0.2) is 4.79 Å². The molecule has 0 radical (unpaired) electrons. The number of carbonyl (C=O) groups is 2. The van der Waals surface area contributed by atoms with Crippen LogP contribution in [0.5, 0.6) is 0 Å². The zero-order valence-electron chi connectivity index (χ0n) is 11.7. The molecule has 4 N–H and O–H groups in total. The highest BCUT2D eigenvalue weighted by atomic mass is 16.6. The molecule has 0 saturated heterocycles. The minimum Gasteiger partial charge on any atom is -0.480 e. The van der Waals surface area contributed by atoms with E-state index >= 15 is 0 Å². The minimum absolute atomic E-state index is 0.349. The van der Waals surface area contributed by atoms with Crippen LogP contribution in [-0.4, -0.2) is 44.6 Å². The maximum absolute atomic E-state index is 11.1. The van der Waals surface area contributed by atoms with E-state index in [0.717, 1.165) is 13.0 Å². The number of nitro groups is 2. The summed E-state index contributed by atoms with van der Waals surface area (Å²) >= 11 is 0. The monoisotopic (exact) mass is 328 g/mol. The fourth-order valence-electron chi connectivity index (χ4n) is 1.66. The van der Waals surface area contributed by atoms with E-state index in [9.17, 15) is 29.8 Å². The summed E-state index contributed by atoms with van der Waals surface area (Å²) in [5.74, 6) is -2.15. The topological polar surface area (TPSA) is 185 Å². The van der Waals surface area contributed by atoms with Crippen LogP contribution < -0.4 is 10.6 Å². The van der Waals surface area contributed by atoms with E-state index < -0.39 is 51.4 Å². The van der Waals surface area contributed by atoms with Gasteiger partial charge in [0.25, 0.3) is 11.4 Å². The lowest BCUT2D eigenvalue weighted by Gasteiger charge is -2.14. The molecule has 0 aliphatic rings. The molecule has 1 atom stereocenters. The van der Waals surface area contributed by atoms with Gasteiger partial charge in [0.05, 0.1) is 22.5 Å². The summed E-state index contributed by atoms with van der Waals surface area (Å²) in [6, 6.07) is -0.118. The number of hydrogen-bond donors (Lipinski definition) is 4. The highest BCUT2D eigenvalue weighted by molar-refractivity contribution is 5.93. The largest absolute Gasteiger partial charge is 0.480 e. The predicted molar refractivity (Wildman–Crippen MR) is 76.2 cm³/mol. The summed E-state index contributed by atoms with van der Waals surface area (Å²) in [6.07, 6.45) is 0. The van der Waals surface area contributed by atoms with Gasteiger partial charge < -0.3 is 20.8 Å². The molecule has 1 amide bonds. The standard InChI is InChI=1S/C11H12N4O8/c1-5(17)12-6-2-7(13-8(4-16)11(18)19)10(15(22)23)3-9(6)14(20)21/h2-3,8,13,16H,4H2,1H3,(H,12,17)(H,18,19). The molecule has 124 valence electrons. The molecule has 23 heavy (non-hydrogen) atoms. The zero-order valence-corrected chi connectivity index (χ0v) is 11.7. The van der Waals surface area contributed by atoms with Crippen LogP contribution in [0.3, 0.4) is 0 Å². The summed E-state index contributed by atoms with van der Waals surface area (Å²) in [5.41, 5.74) is -2.25.